The second-order valence-electron chi connectivity index (χ2n) is 3.56. The molecule has 0 aliphatic rings. The summed E-state index contributed by atoms with van der Waals surface area (Å²) in [6.07, 6.45) is -0.627. The monoisotopic (exact) mass is 286 g/mol. The van der Waals surface area contributed by atoms with Crippen LogP contribution in [-0.4, -0.2) is 43.1 Å². The molecular formula is C9H15FO7S. The third kappa shape index (κ3) is 5.92. The zero-order valence-corrected chi connectivity index (χ0v) is 10.8. The maximum absolute atomic E-state index is 13.3. The zero-order chi connectivity index (χ0) is 14.4. The smallest absolute Gasteiger partial charge is 0.344 e. The van der Waals surface area contributed by atoms with Crippen LogP contribution in [0.15, 0.2) is 0 Å². The van der Waals surface area contributed by atoms with Gasteiger partial charge in [0.15, 0.2) is 6.61 Å². The summed E-state index contributed by atoms with van der Waals surface area (Å²) in [7, 11) is -4.87. The van der Waals surface area contributed by atoms with Crippen LogP contribution in [0.1, 0.15) is 26.7 Å². The lowest BCUT2D eigenvalue weighted by Gasteiger charge is -2.16. The Morgan fingerprint density at radius 3 is 2.28 bits per heavy atom. The number of ether oxygens (including phenoxy) is 2. The van der Waals surface area contributed by atoms with Gasteiger partial charge in [-0.2, -0.15) is 8.42 Å². The number of esters is 2. The standard InChI is InChI=1S/C9H15FO7S/c1-3-7(11)17-6-8(12)16-5-4-9(2,10)18(13,14)15/h3-6H2,1-2H3,(H,13,14,15). The Labute approximate surface area is 104 Å². The van der Waals surface area contributed by atoms with E-state index in [1.54, 1.807) is 0 Å². The third-order valence-corrected chi connectivity index (χ3v) is 3.27. The molecule has 0 saturated heterocycles. The van der Waals surface area contributed by atoms with E-state index in [9.17, 15) is 22.4 Å². The fourth-order valence-electron chi connectivity index (χ4n) is 0.759. The Kier molecular flexibility index (Phi) is 6.19. The topological polar surface area (TPSA) is 107 Å². The van der Waals surface area contributed by atoms with Crippen LogP contribution < -0.4 is 0 Å². The Balaban J connectivity index is 3.99. The molecule has 9 heteroatoms. The number of hydrogen-bond acceptors (Lipinski definition) is 6. The summed E-state index contributed by atoms with van der Waals surface area (Å²) in [5.74, 6) is -1.52. The molecule has 1 N–H and O–H groups in total. The van der Waals surface area contributed by atoms with E-state index in [-0.39, 0.29) is 6.42 Å². The summed E-state index contributed by atoms with van der Waals surface area (Å²) in [6.45, 7) is 0.998. The maximum Gasteiger partial charge on any atom is 0.344 e. The van der Waals surface area contributed by atoms with E-state index in [0.29, 0.717) is 6.92 Å². The molecular weight excluding hydrogens is 271 g/mol. The Morgan fingerprint density at radius 1 is 1.28 bits per heavy atom. The van der Waals surface area contributed by atoms with E-state index in [1.807, 2.05) is 0 Å². The highest BCUT2D eigenvalue weighted by Gasteiger charge is 2.38. The number of carbonyl (C=O) groups is 2. The molecule has 0 aliphatic heterocycles. The molecule has 0 bridgehead atoms. The number of rotatable bonds is 7. The first kappa shape index (κ1) is 16.8. The summed E-state index contributed by atoms with van der Waals surface area (Å²) in [5.41, 5.74) is 0. The summed E-state index contributed by atoms with van der Waals surface area (Å²) >= 11 is 0. The lowest BCUT2D eigenvalue weighted by Crippen LogP contribution is -2.31. The maximum atomic E-state index is 13.3. The van der Waals surface area contributed by atoms with E-state index >= 15 is 0 Å². The van der Waals surface area contributed by atoms with Gasteiger partial charge < -0.3 is 9.47 Å². The highest BCUT2D eigenvalue weighted by atomic mass is 32.2. The van der Waals surface area contributed by atoms with Crippen LogP contribution in [0.5, 0.6) is 0 Å². The molecule has 1 atom stereocenters. The van der Waals surface area contributed by atoms with Crippen molar-refractivity contribution in [2.24, 2.45) is 0 Å². The lowest BCUT2D eigenvalue weighted by molar-refractivity contribution is -0.158. The average molecular weight is 286 g/mol. The first-order valence-corrected chi connectivity index (χ1v) is 6.51. The van der Waals surface area contributed by atoms with E-state index in [1.165, 1.54) is 6.92 Å². The molecule has 0 aromatic heterocycles. The predicted octanol–water partition coefficient (Wildman–Crippen LogP) is 0.446. The molecule has 0 aromatic carbocycles. The molecule has 0 spiro atoms. The van der Waals surface area contributed by atoms with Gasteiger partial charge in [0.25, 0.3) is 10.1 Å². The normalized spacial score (nSPS) is 14.7. The number of hydrogen-bond donors (Lipinski definition) is 1. The SMILES string of the molecule is CCC(=O)OCC(=O)OCCC(C)(F)S(=O)(=O)O. The summed E-state index contributed by atoms with van der Waals surface area (Å²) in [5, 5.41) is -2.90. The average Bonchev–Trinajstić information content (AvgIpc) is 2.24. The van der Waals surface area contributed by atoms with Crippen LogP contribution in [-0.2, 0) is 29.2 Å². The quantitative estimate of drug-likeness (QED) is 0.534. The minimum atomic E-state index is -4.87. The molecule has 0 amide bonds. The van der Waals surface area contributed by atoms with Crippen molar-refractivity contribution in [2.45, 2.75) is 31.7 Å². The van der Waals surface area contributed by atoms with Crippen molar-refractivity contribution in [3.8, 4) is 0 Å². The van der Waals surface area contributed by atoms with Gasteiger partial charge in [-0.1, -0.05) is 6.92 Å². The Hall–Kier alpha value is -1.22. The van der Waals surface area contributed by atoms with Gasteiger partial charge in [0.2, 0.25) is 5.00 Å². The molecule has 18 heavy (non-hydrogen) atoms. The number of halogens is 1. The van der Waals surface area contributed by atoms with Crippen molar-refractivity contribution in [3.05, 3.63) is 0 Å². The summed E-state index contributed by atoms with van der Waals surface area (Å²) in [6, 6.07) is 0. The highest BCUT2D eigenvalue weighted by Crippen LogP contribution is 2.21. The van der Waals surface area contributed by atoms with Gasteiger partial charge >= 0.3 is 11.9 Å². The Bertz CT molecular complexity index is 401. The largest absolute Gasteiger partial charge is 0.463 e. The van der Waals surface area contributed by atoms with Crippen molar-refractivity contribution < 1.29 is 36.4 Å². The van der Waals surface area contributed by atoms with Crippen molar-refractivity contribution in [3.63, 3.8) is 0 Å². The van der Waals surface area contributed by atoms with Gasteiger partial charge in [0.05, 0.1) is 6.61 Å². The zero-order valence-electron chi connectivity index (χ0n) is 10.0. The first-order chi connectivity index (χ1) is 8.10. The lowest BCUT2D eigenvalue weighted by atomic mass is 10.3. The van der Waals surface area contributed by atoms with Gasteiger partial charge in [-0.15, -0.1) is 0 Å². The van der Waals surface area contributed by atoms with Crippen molar-refractivity contribution in [1.82, 2.24) is 0 Å². The highest BCUT2D eigenvalue weighted by molar-refractivity contribution is 7.87. The van der Waals surface area contributed by atoms with Crippen LogP contribution in [0.2, 0.25) is 0 Å². The fraction of sp³-hybridized carbons (Fsp3) is 0.778. The minimum Gasteiger partial charge on any atom is -0.463 e. The van der Waals surface area contributed by atoms with Gasteiger partial charge in [-0.25, -0.2) is 9.18 Å². The molecule has 0 aromatic rings. The fourth-order valence-corrected chi connectivity index (χ4v) is 1.10. The molecule has 0 heterocycles. The van der Waals surface area contributed by atoms with Gasteiger partial charge in [-0.3, -0.25) is 9.35 Å². The molecule has 0 fully saturated rings. The van der Waals surface area contributed by atoms with Crippen molar-refractivity contribution in [1.29, 1.82) is 0 Å². The first-order valence-electron chi connectivity index (χ1n) is 5.07. The number of carbonyl (C=O) groups excluding carboxylic acids is 2. The molecule has 106 valence electrons. The van der Waals surface area contributed by atoms with E-state index < -0.39 is 46.7 Å². The van der Waals surface area contributed by atoms with Crippen LogP contribution >= 0.6 is 0 Å². The van der Waals surface area contributed by atoms with Crippen molar-refractivity contribution >= 4 is 22.1 Å². The van der Waals surface area contributed by atoms with Crippen LogP contribution in [0.3, 0.4) is 0 Å². The second kappa shape index (κ2) is 6.64. The van der Waals surface area contributed by atoms with Crippen LogP contribution in [0, 0.1) is 0 Å². The molecule has 1 unspecified atom stereocenters. The molecule has 0 rings (SSSR count). The van der Waals surface area contributed by atoms with Gasteiger partial charge in [0.1, 0.15) is 0 Å². The predicted molar refractivity (Wildman–Crippen MR) is 57.9 cm³/mol. The number of alkyl halides is 1. The third-order valence-electron chi connectivity index (χ3n) is 1.99. The van der Waals surface area contributed by atoms with E-state index in [0.717, 1.165) is 0 Å². The van der Waals surface area contributed by atoms with E-state index in [2.05, 4.69) is 9.47 Å². The van der Waals surface area contributed by atoms with Crippen molar-refractivity contribution in [2.75, 3.05) is 13.2 Å². The molecule has 7 nitrogen and oxygen atoms in total. The van der Waals surface area contributed by atoms with Gasteiger partial charge in [-0.05, 0) is 6.92 Å². The van der Waals surface area contributed by atoms with Gasteiger partial charge in [0, 0.05) is 12.8 Å². The molecule has 0 radical (unpaired) electrons. The molecule has 0 aliphatic carbocycles. The Morgan fingerprint density at radius 2 is 1.83 bits per heavy atom. The van der Waals surface area contributed by atoms with E-state index in [4.69, 9.17) is 4.55 Å². The van der Waals surface area contributed by atoms with Crippen LogP contribution in [0.4, 0.5) is 4.39 Å². The molecule has 0 saturated carbocycles. The summed E-state index contributed by atoms with van der Waals surface area (Å²) < 4.78 is 51.8. The minimum absolute atomic E-state index is 0.0958. The summed E-state index contributed by atoms with van der Waals surface area (Å²) in [4.78, 5) is 21.6. The second-order valence-corrected chi connectivity index (χ2v) is 5.36. The van der Waals surface area contributed by atoms with Crippen LogP contribution in [0.25, 0.3) is 0 Å².